The zero-order chi connectivity index (χ0) is 86.2. The summed E-state index contributed by atoms with van der Waals surface area (Å²) in [6.45, 7) is 29.7. The van der Waals surface area contributed by atoms with Crippen molar-refractivity contribution in [2.24, 2.45) is 0 Å². The minimum Gasteiger partial charge on any atom is -0.507 e. The summed E-state index contributed by atoms with van der Waals surface area (Å²) in [5.41, 5.74) is 23.0. The van der Waals surface area contributed by atoms with Crippen LogP contribution in [0.1, 0.15) is 142 Å². The maximum Gasteiger partial charge on any atom is 0.292 e. The summed E-state index contributed by atoms with van der Waals surface area (Å²) >= 11 is 0. The van der Waals surface area contributed by atoms with Gasteiger partial charge in [-0.1, -0.05) is 183 Å². The molecule has 26 heteroatoms. The molecule has 0 atom stereocenters. The second kappa shape index (κ2) is 35.6. The van der Waals surface area contributed by atoms with Crippen LogP contribution < -0.4 is 0 Å². The predicted molar refractivity (Wildman–Crippen MR) is 472 cm³/mol. The molecule has 26 nitrogen and oxygen atoms in total. The van der Waals surface area contributed by atoms with E-state index in [-0.39, 0.29) is 45.0 Å². The zero-order valence-electron chi connectivity index (χ0n) is 70.4. The number of aryl methyl sites for hydroxylation is 5. The fraction of sp³-hybridized carbons (Fsp3) is 0.232. The van der Waals surface area contributed by atoms with Crippen LogP contribution in [0.4, 0.5) is 0 Å². The van der Waals surface area contributed by atoms with Gasteiger partial charge in [-0.3, -0.25) is 4.79 Å². The molecule has 0 fully saturated rings. The number of aromatic nitrogens is 18. The monoisotopic (exact) mass is 1620 g/mol. The molecule has 0 aliphatic heterocycles. The molecular formula is C95H98N18O8. The molecule has 121 heavy (non-hydrogen) atoms. The Bertz CT molecular complexity index is 6440. The number of phenolic OH excluding ortho intramolecular Hbond substituents is 6. The molecule has 7 N–H and O–H groups in total. The number of hydrogen-bond donors (Lipinski definition) is 7. The molecule has 6 heterocycles. The smallest absolute Gasteiger partial charge is 0.292 e. The van der Waals surface area contributed by atoms with Crippen LogP contribution in [0.5, 0.6) is 34.5 Å². The van der Waals surface area contributed by atoms with Crippen molar-refractivity contribution in [3.05, 3.63) is 291 Å². The molecule has 616 valence electrons. The molecule has 18 rings (SSSR count). The number of carbonyl (C=O) groups is 1. The first-order valence-corrected chi connectivity index (χ1v) is 39.7. The van der Waals surface area contributed by atoms with Gasteiger partial charge >= 0.3 is 0 Å². The van der Waals surface area contributed by atoms with E-state index in [9.17, 15) is 30.6 Å². The molecular weight excluding hydrogens is 1520 g/mol. The molecule has 6 aromatic heterocycles. The zero-order valence-corrected chi connectivity index (χ0v) is 70.4. The van der Waals surface area contributed by atoms with E-state index < -0.39 is 0 Å². The third-order valence-electron chi connectivity index (χ3n) is 21.2. The van der Waals surface area contributed by atoms with Gasteiger partial charge in [0.25, 0.3) is 6.47 Å². The second-order valence-electron chi connectivity index (χ2n) is 32.2. The van der Waals surface area contributed by atoms with Crippen LogP contribution in [0.25, 0.3) is 94.6 Å². The summed E-state index contributed by atoms with van der Waals surface area (Å²) < 4.78 is 3.86. The SMILES string of the molecule is CCC(C)(C)c1cc(-n2nc3ccccc3n2)c(O)c(C(C)(C)CC)c1.COC=O.Cc1cc(Cc2cc(C)cc(-n3nc4ccccc4n3)c2O)c(O)c(-n2nc3ccccc3n2)c1.Cc1cc(Cc2cc(C)cc(C(C)(C)C)c2O)c(O)c(-n2nc3ccccc3n2)c1.Cc1ccc(O)c(-n2nc3ccccc3n2)c1.c1ccc2n[nH]nc2c1. The fourth-order valence-electron chi connectivity index (χ4n) is 13.8. The summed E-state index contributed by atoms with van der Waals surface area (Å²) in [4.78, 5) is 16.4. The van der Waals surface area contributed by atoms with Crippen LogP contribution in [0.2, 0.25) is 0 Å². The first-order chi connectivity index (χ1) is 57.9. The van der Waals surface area contributed by atoms with E-state index in [0.29, 0.717) is 64.6 Å². The minimum atomic E-state index is -0.177. The van der Waals surface area contributed by atoms with Gasteiger partial charge < -0.3 is 35.4 Å². The van der Waals surface area contributed by atoms with Crippen LogP contribution in [0.3, 0.4) is 0 Å². The van der Waals surface area contributed by atoms with Gasteiger partial charge in [0.2, 0.25) is 0 Å². The molecule has 0 aliphatic rings. The maximum atomic E-state index is 11.2. The van der Waals surface area contributed by atoms with E-state index in [1.165, 1.54) is 31.9 Å². The highest BCUT2D eigenvalue weighted by Crippen LogP contribution is 2.43. The quantitative estimate of drug-likeness (QED) is 0.0497. The van der Waals surface area contributed by atoms with Crippen LogP contribution in [-0.4, -0.2) is 135 Å². The van der Waals surface area contributed by atoms with Crippen molar-refractivity contribution in [2.75, 3.05) is 7.11 Å². The fourth-order valence-corrected chi connectivity index (χ4v) is 13.8. The lowest BCUT2D eigenvalue weighted by molar-refractivity contribution is -0.126. The Labute approximate surface area is 699 Å². The molecule has 0 saturated carbocycles. The number of benzene rings is 12. The van der Waals surface area contributed by atoms with E-state index in [4.69, 9.17) is 4.79 Å². The van der Waals surface area contributed by atoms with E-state index in [1.54, 1.807) is 10.9 Å². The number of fused-ring (bicyclic) bond motifs is 6. The highest BCUT2D eigenvalue weighted by molar-refractivity contribution is 5.78. The molecule has 0 amide bonds. The van der Waals surface area contributed by atoms with Crippen LogP contribution in [-0.2, 0) is 38.6 Å². The predicted octanol–water partition coefficient (Wildman–Crippen LogP) is 18.8. The third kappa shape index (κ3) is 19.0. The third-order valence-corrected chi connectivity index (χ3v) is 21.2. The number of aromatic amines is 1. The number of methoxy groups -OCH3 is 1. The van der Waals surface area contributed by atoms with Crippen molar-refractivity contribution in [3.8, 4) is 62.9 Å². The number of rotatable bonds is 14. The van der Waals surface area contributed by atoms with Gasteiger partial charge in [-0.2, -0.15) is 15.4 Å². The van der Waals surface area contributed by atoms with Crippen molar-refractivity contribution < 1.29 is 40.2 Å². The van der Waals surface area contributed by atoms with Crippen molar-refractivity contribution in [3.63, 3.8) is 0 Å². The van der Waals surface area contributed by atoms with Crippen molar-refractivity contribution in [1.82, 2.24) is 90.4 Å². The second-order valence-corrected chi connectivity index (χ2v) is 32.2. The molecule has 12 aromatic carbocycles. The summed E-state index contributed by atoms with van der Waals surface area (Å²) in [6, 6.07) is 70.7. The number of aromatic hydroxyl groups is 6. The largest absolute Gasteiger partial charge is 0.507 e. The van der Waals surface area contributed by atoms with Crippen molar-refractivity contribution in [1.29, 1.82) is 0 Å². The summed E-state index contributed by atoms with van der Waals surface area (Å²) in [7, 11) is 1.31. The van der Waals surface area contributed by atoms with Gasteiger partial charge in [-0.05, 0) is 212 Å². The average molecular weight is 1620 g/mol. The van der Waals surface area contributed by atoms with Gasteiger partial charge in [0, 0.05) is 35.1 Å². The normalized spacial score (nSPS) is 11.5. The Balaban J connectivity index is 0.000000135. The number of H-pyrrole nitrogens is 1. The van der Waals surface area contributed by atoms with E-state index in [1.807, 2.05) is 247 Å². The lowest BCUT2D eigenvalue weighted by atomic mass is 9.76. The van der Waals surface area contributed by atoms with Gasteiger partial charge in [0.05, 0.1) is 7.11 Å². The summed E-state index contributed by atoms with van der Waals surface area (Å²) in [5, 5.41) is 120. The lowest BCUT2D eigenvalue weighted by Gasteiger charge is -2.30. The van der Waals surface area contributed by atoms with Gasteiger partial charge in [0.1, 0.15) is 129 Å². The highest BCUT2D eigenvalue weighted by Gasteiger charge is 2.30. The van der Waals surface area contributed by atoms with Crippen LogP contribution in [0, 0.1) is 34.6 Å². The molecule has 0 saturated heterocycles. The van der Waals surface area contributed by atoms with Gasteiger partial charge in [-0.15, -0.1) is 75.0 Å². The van der Waals surface area contributed by atoms with E-state index in [2.05, 4.69) is 140 Å². The number of nitrogens with one attached hydrogen (secondary N) is 1. The summed E-state index contributed by atoms with van der Waals surface area (Å²) in [5.74, 6) is 1.00. The Morgan fingerprint density at radius 3 is 0.893 bits per heavy atom. The van der Waals surface area contributed by atoms with Gasteiger partial charge in [-0.25, -0.2) is 0 Å². The topological polar surface area (TPSA) is 343 Å². The molecule has 0 spiro atoms. The first kappa shape index (κ1) is 84.2. The molecule has 0 aliphatic carbocycles. The number of phenols is 6. The Morgan fingerprint density at radius 2 is 0.595 bits per heavy atom. The molecule has 0 bridgehead atoms. The Kier molecular flexibility index (Phi) is 24.8. The Morgan fingerprint density at radius 1 is 0.322 bits per heavy atom. The summed E-state index contributed by atoms with van der Waals surface area (Å²) in [6.07, 6.45) is 2.67. The average Bonchev–Trinajstić information content (AvgIpc) is 1.72. The molecule has 18 aromatic rings. The van der Waals surface area contributed by atoms with E-state index >= 15 is 0 Å². The lowest BCUT2D eigenvalue weighted by Crippen LogP contribution is -2.21. The Hall–Kier alpha value is -14.7. The van der Waals surface area contributed by atoms with Crippen molar-refractivity contribution >= 4 is 72.7 Å². The first-order valence-electron chi connectivity index (χ1n) is 39.7. The molecule has 0 radical (unpaired) electrons. The number of hydrogen-bond acceptors (Lipinski definition) is 20. The minimum absolute atomic E-state index is 0.00754. The molecule has 0 unspecified atom stereocenters. The van der Waals surface area contributed by atoms with E-state index in [0.717, 1.165) is 129 Å². The van der Waals surface area contributed by atoms with Crippen molar-refractivity contribution in [2.45, 2.75) is 139 Å². The maximum absolute atomic E-state index is 11.2. The van der Waals surface area contributed by atoms with Crippen LogP contribution in [0.15, 0.2) is 224 Å². The van der Waals surface area contributed by atoms with Gasteiger partial charge in [0.15, 0.2) is 0 Å². The number of para-hydroxylation sites is 2. The highest BCUT2D eigenvalue weighted by atomic mass is 16.5. The number of carbonyl (C=O) groups excluding carboxylic acids is 1. The van der Waals surface area contributed by atoms with Crippen LogP contribution >= 0.6 is 0 Å². The number of nitrogens with zero attached hydrogens (tertiary/aromatic N) is 17. The standard InChI is InChI=1S/C27H22N6O2.C25H27N3O2.C22H29N3O.C13H11N3O.C6H5N3.C2H4O2/c1-16-11-18(26(34)24(13-16)32-28-20-7-3-4-8-21(20)29-32)15-19-12-17(2)14-25(27(19)35)33-30-22-9-5-6-10-23(22)31-33;1-15-10-17(23(29)19(12-15)25(3,4)5)14-18-11-16(2)13-22(24(18)30)28-26-20-8-6-7-9-21(20)27-28;1-7-21(3,4)15-13-16(22(5,6)8-2)20(26)19(14-15)25-23-17-11-9-10-12-18(17)24-25;1-9-6-7-13(17)12(8-9)16-14-10-4-2-3-5-11(10)15-16;1-2-4-6-5(3-1)7-9-8-6;1-4-2-3/h3-14,34-35H,15H2,1-2H3;6-13,29-30H,14H2,1-5H3;9-14,26H,7-8H2,1-6H3;2-8,17H,1H3;1-4H,(H,7,8,9);2H,1H3. The number of ether oxygens (including phenoxy) is 1.